The van der Waals surface area contributed by atoms with Gasteiger partial charge in [0.2, 0.25) is 0 Å². The van der Waals surface area contributed by atoms with Crippen molar-refractivity contribution in [2.75, 3.05) is 0 Å². The molecule has 0 radical (unpaired) electrons. The number of carbonyl (C=O) groups excluding carboxylic acids is 1. The largest absolute Gasteiger partial charge is 0.519 e. The molecule has 0 aliphatic heterocycles. The lowest BCUT2D eigenvalue weighted by Crippen LogP contribution is -2.13. The number of benzene rings is 4. The van der Waals surface area contributed by atoms with E-state index >= 15 is 0 Å². The zero-order chi connectivity index (χ0) is 22.0. The summed E-state index contributed by atoms with van der Waals surface area (Å²) in [5.74, 6) is 0.746. The summed E-state index contributed by atoms with van der Waals surface area (Å²) in [5.41, 5.74) is 3.52. The minimum atomic E-state index is -0.814. The zero-order valence-electron chi connectivity index (χ0n) is 17.2. The number of nitrogens with zero attached hydrogens (tertiary/aromatic N) is 2. The van der Waals surface area contributed by atoms with Crippen LogP contribution in [0.5, 0.6) is 11.5 Å². The van der Waals surface area contributed by atoms with Gasteiger partial charge in [0, 0.05) is 12.4 Å². The van der Waals surface area contributed by atoms with Gasteiger partial charge in [0.05, 0.1) is 11.4 Å². The molecule has 0 saturated carbocycles. The lowest BCUT2D eigenvalue weighted by Gasteiger charge is -2.06. The highest BCUT2D eigenvalue weighted by Gasteiger charge is 2.08. The van der Waals surface area contributed by atoms with Crippen LogP contribution in [-0.2, 0) is 0 Å². The van der Waals surface area contributed by atoms with Crippen molar-refractivity contribution < 1.29 is 14.3 Å². The van der Waals surface area contributed by atoms with Crippen molar-refractivity contribution in [3.8, 4) is 11.5 Å². The van der Waals surface area contributed by atoms with Crippen LogP contribution in [0, 0.1) is 0 Å². The van der Waals surface area contributed by atoms with Crippen LogP contribution < -0.4 is 9.47 Å². The molecule has 0 aromatic heterocycles. The molecule has 0 aliphatic carbocycles. The minimum Gasteiger partial charge on any atom is -0.395 e. The third kappa shape index (κ3) is 6.24. The topological polar surface area (TPSA) is 60.2 Å². The summed E-state index contributed by atoms with van der Waals surface area (Å²) in [6.07, 6.45) is 2.74. The van der Waals surface area contributed by atoms with Crippen LogP contribution >= 0.6 is 0 Å². The molecule has 5 heteroatoms. The molecule has 5 nitrogen and oxygen atoms in total. The second-order valence-corrected chi connectivity index (χ2v) is 6.78. The maximum Gasteiger partial charge on any atom is 0.519 e. The first kappa shape index (κ1) is 20.8. The molecule has 0 unspecified atom stereocenters. The lowest BCUT2D eigenvalue weighted by atomic mass is 10.2. The summed E-state index contributed by atoms with van der Waals surface area (Å²) in [7, 11) is 0. The number of hydrogen-bond acceptors (Lipinski definition) is 5. The average Bonchev–Trinajstić information content (AvgIpc) is 2.84. The maximum absolute atomic E-state index is 12.1. The van der Waals surface area contributed by atoms with Crippen LogP contribution in [0.2, 0.25) is 0 Å². The molecule has 0 N–H and O–H groups in total. The molecule has 0 aliphatic rings. The van der Waals surface area contributed by atoms with Gasteiger partial charge in [-0.15, -0.1) is 0 Å². The quantitative estimate of drug-likeness (QED) is 0.197. The van der Waals surface area contributed by atoms with Crippen molar-refractivity contribution >= 4 is 30.0 Å². The van der Waals surface area contributed by atoms with Crippen LogP contribution in [0.4, 0.5) is 16.2 Å². The fourth-order valence-corrected chi connectivity index (χ4v) is 2.79. The van der Waals surface area contributed by atoms with Gasteiger partial charge in [-0.25, -0.2) is 4.79 Å². The fourth-order valence-electron chi connectivity index (χ4n) is 2.79. The van der Waals surface area contributed by atoms with Gasteiger partial charge < -0.3 is 9.47 Å². The van der Waals surface area contributed by atoms with Crippen molar-refractivity contribution in [2.45, 2.75) is 0 Å². The molecule has 0 amide bonds. The van der Waals surface area contributed by atoms with Crippen molar-refractivity contribution in [2.24, 2.45) is 9.98 Å². The van der Waals surface area contributed by atoms with Crippen LogP contribution in [0.1, 0.15) is 11.1 Å². The van der Waals surface area contributed by atoms with E-state index in [0.717, 1.165) is 22.5 Å². The van der Waals surface area contributed by atoms with Gasteiger partial charge in [0.15, 0.2) is 0 Å². The second-order valence-electron chi connectivity index (χ2n) is 6.78. The van der Waals surface area contributed by atoms with Crippen LogP contribution in [0.3, 0.4) is 0 Å². The molecule has 0 heterocycles. The molecule has 4 aromatic rings. The van der Waals surface area contributed by atoms with Crippen LogP contribution in [0.25, 0.3) is 0 Å². The molecule has 0 spiro atoms. The number of carbonyl (C=O) groups is 1. The fraction of sp³-hybridized carbons (Fsp3) is 0. The number of rotatable bonds is 6. The van der Waals surface area contributed by atoms with Crippen molar-refractivity contribution in [3.05, 3.63) is 120 Å². The summed E-state index contributed by atoms with van der Waals surface area (Å²) in [6.45, 7) is 0. The zero-order valence-corrected chi connectivity index (χ0v) is 17.2. The lowest BCUT2D eigenvalue weighted by molar-refractivity contribution is 0.152. The Bertz CT molecular complexity index is 1100. The number of ether oxygens (including phenoxy) is 2. The summed E-state index contributed by atoms with van der Waals surface area (Å²) >= 11 is 0. The van der Waals surface area contributed by atoms with Gasteiger partial charge in [0.1, 0.15) is 11.5 Å². The van der Waals surface area contributed by atoms with E-state index in [1.54, 1.807) is 61.0 Å². The Morgan fingerprint density at radius 1 is 0.531 bits per heavy atom. The van der Waals surface area contributed by atoms with Crippen LogP contribution in [0.15, 0.2) is 119 Å². The van der Waals surface area contributed by atoms with Gasteiger partial charge >= 0.3 is 6.16 Å². The first-order valence-corrected chi connectivity index (χ1v) is 10.0. The number of hydrogen-bond donors (Lipinski definition) is 0. The van der Waals surface area contributed by atoms with E-state index in [1.807, 2.05) is 60.7 Å². The molecular formula is C27H20N2O3. The molecule has 0 saturated heterocycles. The molecule has 0 atom stereocenters. The highest BCUT2D eigenvalue weighted by Crippen LogP contribution is 2.21. The minimum absolute atomic E-state index is 0.373. The maximum atomic E-state index is 12.1. The first-order valence-electron chi connectivity index (χ1n) is 10.0. The Balaban J connectivity index is 1.29. The summed E-state index contributed by atoms with van der Waals surface area (Å²) in [6, 6.07) is 33.3. The highest BCUT2D eigenvalue weighted by atomic mass is 16.7. The predicted molar refractivity (Wildman–Crippen MR) is 127 cm³/mol. The van der Waals surface area contributed by atoms with E-state index < -0.39 is 6.16 Å². The van der Waals surface area contributed by atoms with E-state index in [4.69, 9.17) is 9.47 Å². The molecule has 0 bridgehead atoms. The monoisotopic (exact) mass is 420 g/mol. The summed E-state index contributed by atoms with van der Waals surface area (Å²) in [5, 5.41) is 0. The van der Waals surface area contributed by atoms with Gasteiger partial charge in [-0.1, -0.05) is 60.7 Å². The molecule has 4 aromatic carbocycles. The Hall–Kier alpha value is -4.51. The van der Waals surface area contributed by atoms with Crippen LogP contribution in [-0.4, -0.2) is 18.6 Å². The second kappa shape index (κ2) is 10.5. The van der Waals surface area contributed by atoms with Crippen molar-refractivity contribution in [3.63, 3.8) is 0 Å². The Morgan fingerprint density at radius 3 is 1.28 bits per heavy atom. The Labute approximate surface area is 186 Å². The van der Waals surface area contributed by atoms with Crippen molar-refractivity contribution in [1.82, 2.24) is 0 Å². The van der Waals surface area contributed by atoms with E-state index in [0.29, 0.717) is 11.5 Å². The summed E-state index contributed by atoms with van der Waals surface area (Å²) < 4.78 is 10.5. The standard InChI is InChI=1S/C27H20N2O3/c30-27(31-25-15-11-23(12-16-25)28-19-21-7-3-1-4-8-21)32-26-17-13-24(14-18-26)29-20-22-9-5-2-6-10-22/h1-20H. The van der Waals surface area contributed by atoms with E-state index in [9.17, 15) is 4.79 Å². The van der Waals surface area contributed by atoms with Gasteiger partial charge in [-0.3, -0.25) is 9.98 Å². The smallest absolute Gasteiger partial charge is 0.395 e. The normalized spacial score (nSPS) is 11.0. The van der Waals surface area contributed by atoms with E-state index in [2.05, 4.69) is 9.98 Å². The molecule has 156 valence electrons. The third-order valence-corrected chi connectivity index (χ3v) is 4.40. The van der Waals surface area contributed by atoms with Crippen molar-refractivity contribution in [1.29, 1.82) is 0 Å². The predicted octanol–water partition coefficient (Wildman–Crippen LogP) is 6.77. The third-order valence-electron chi connectivity index (χ3n) is 4.40. The van der Waals surface area contributed by atoms with E-state index in [-0.39, 0.29) is 0 Å². The summed E-state index contributed by atoms with van der Waals surface area (Å²) in [4.78, 5) is 20.9. The molecule has 0 fully saturated rings. The average molecular weight is 420 g/mol. The first-order chi connectivity index (χ1) is 15.7. The Morgan fingerprint density at radius 2 is 0.906 bits per heavy atom. The van der Waals surface area contributed by atoms with Gasteiger partial charge in [0.25, 0.3) is 0 Å². The SMILES string of the molecule is O=C(Oc1ccc(N=Cc2ccccc2)cc1)Oc1ccc(N=Cc2ccccc2)cc1. The Kier molecular flexibility index (Phi) is 6.81. The molecule has 4 rings (SSSR count). The van der Waals surface area contributed by atoms with Gasteiger partial charge in [-0.2, -0.15) is 0 Å². The van der Waals surface area contributed by atoms with Gasteiger partial charge in [-0.05, 0) is 59.7 Å². The molecule has 32 heavy (non-hydrogen) atoms. The highest BCUT2D eigenvalue weighted by molar-refractivity contribution is 5.82. The van der Waals surface area contributed by atoms with E-state index in [1.165, 1.54) is 0 Å². The molecular weight excluding hydrogens is 400 g/mol. The number of aliphatic imine (C=N–C) groups is 2.